The van der Waals surface area contributed by atoms with Gasteiger partial charge in [-0.2, -0.15) is 0 Å². The molecule has 0 saturated carbocycles. The quantitative estimate of drug-likeness (QED) is 0.778. The molecule has 1 aromatic heterocycles. The van der Waals surface area contributed by atoms with Gasteiger partial charge in [0.25, 0.3) is 0 Å². The molecule has 0 atom stereocenters. The summed E-state index contributed by atoms with van der Waals surface area (Å²) >= 11 is 3.41. The van der Waals surface area contributed by atoms with Crippen LogP contribution >= 0.6 is 15.9 Å². The summed E-state index contributed by atoms with van der Waals surface area (Å²) < 4.78 is 13.9. The summed E-state index contributed by atoms with van der Waals surface area (Å²) in [6, 6.07) is 9.16. The fourth-order valence-electron chi connectivity index (χ4n) is 2.05. The Kier molecular flexibility index (Phi) is 4.91. The molecule has 0 bridgehead atoms. The van der Waals surface area contributed by atoms with Crippen LogP contribution in [-0.2, 0) is 11.8 Å². The van der Waals surface area contributed by atoms with Crippen LogP contribution in [0.15, 0.2) is 42.7 Å². The number of halogens is 2. The van der Waals surface area contributed by atoms with E-state index in [9.17, 15) is 4.39 Å². The largest absolute Gasteiger partial charge is 0.372 e. The van der Waals surface area contributed by atoms with E-state index in [1.807, 2.05) is 30.1 Å². The average molecular weight is 323 g/mol. The third-order valence-electron chi connectivity index (χ3n) is 3.08. The summed E-state index contributed by atoms with van der Waals surface area (Å²) in [5, 5.41) is 0.652. The Balaban J connectivity index is 2.10. The molecule has 2 nitrogen and oxygen atoms in total. The predicted octanol–water partition coefficient (Wildman–Crippen LogP) is 3.79. The van der Waals surface area contributed by atoms with E-state index in [1.54, 1.807) is 18.5 Å². The first-order valence-corrected chi connectivity index (χ1v) is 7.28. The van der Waals surface area contributed by atoms with E-state index in [4.69, 9.17) is 0 Å². The van der Waals surface area contributed by atoms with Gasteiger partial charge < -0.3 is 4.90 Å². The molecule has 4 heteroatoms. The minimum absolute atomic E-state index is 0.172. The Labute approximate surface area is 121 Å². The van der Waals surface area contributed by atoms with Crippen molar-refractivity contribution in [1.29, 1.82) is 0 Å². The lowest BCUT2D eigenvalue weighted by molar-refractivity contribution is 0.620. The molecule has 0 fully saturated rings. The van der Waals surface area contributed by atoms with Gasteiger partial charge in [0.05, 0.1) is 5.69 Å². The van der Waals surface area contributed by atoms with E-state index in [1.165, 1.54) is 11.6 Å². The number of nitrogens with zero attached hydrogens (tertiary/aromatic N) is 2. The highest BCUT2D eigenvalue weighted by Gasteiger charge is 2.12. The van der Waals surface area contributed by atoms with Crippen LogP contribution in [0.4, 0.5) is 10.1 Å². The Morgan fingerprint density at radius 2 is 1.95 bits per heavy atom. The second kappa shape index (κ2) is 6.66. The van der Waals surface area contributed by atoms with E-state index in [0.29, 0.717) is 11.0 Å². The van der Waals surface area contributed by atoms with Crippen molar-refractivity contribution in [2.24, 2.45) is 0 Å². The summed E-state index contributed by atoms with van der Waals surface area (Å²) in [7, 11) is 1.92. The molecule has 0 saturated heterocycles. The van der Waals surface area contributed by atoms with Crippen molar-refractivity contribution in [1.82, 2.24) is 4.98 Å². The number of hydrogen-bond donors (Lipinski definition) is 0. The number of rotatable bonds is 5. The lowest BCUT2D eigenvalue weighted by Gasteiger charge is -2.22. The van der Waals surface area contributed by atoms with Gasteiger partial charge in [-0.3, -0.25) is 4.98 Å². The molecular formula is C15H16BrFN2. The third-order valence-corrected chi connectivity index (χ3v) is 3.69. The molecule has 100 valence electrons. The van der Waals surface area contributed by atoms with Crippen molar-refractivity contribution in [2.45, 2.75) is 11.8 Å². The van der Waals surface area contributed by atoms with Gasteiger partial charge in [-0.05, 0) is 35.7 Å². The van der Waals surface area contributed by atoms with Crippen LogP contribution in [0.5, 0.6) is 0 Å². The van der Waals surface area contributed by atoms with Crippen LogP contribution in [0.25, 0.3) is 0 Å². The topological polar surface area (TPSA) is 16.1 Å². The molecule has 19 heavy (non-hydrogen) atoms. The lowest BCUT2D eigenvalue weighted by Crippen LogP contribution is -2.22. The number of likely N-dealkylation sites (N-methyl/N-ethyl adjacent to an activating group) is 1. The predicted molar refractivity (Wildman–Crippen MR) is 80.2 cm³/mol. The number of hydrogen-bond acceptors (Lipinski definition) is 2. The molecule has 2 aromatic rings. The first-order chi connectivity index (χ1) is 9.22. The van der Waals surface area contributed by atoms with Crippen molar-refractivity contribution >= 4 is 21.6 Å². The molecule has 0 aliphatic carbocycles. The molecule has 0 aliphatic heterocycles. The van der Waals surface area contributed by atoms with Crippen molar-refractivity contribution in [3.8, 4) is 0 Å². The van der Waals surface area contributed by atoms with Crippen LogP contribution in [0, 0.1) is 5.82 Å². The molecule has 0 unspecified atom stereocenters. The smallest absolute Gasteiger partial charge is 0.146 e. The maximum Gasteiger partial charge on any atom is 0.146 e. The van der Waals surface area contributed by atoms with Gasteiger partial charge in [0, 0.05) is 31.3 Å². The zero-order valence-electron chi connectivity index (χ0n) is 10.8. The number of aromatic nitrogens is 1. The molecule has 0 amide bonds. The second-order valence-electron chi connectivity index (χ2n) is 4.41. The van der Waals surface area contributed by atoms with Crippen molar-refractivity contribution in [3.63, 3.8) is 0 Å². The van der Waals surface area contributed by atoms with E-state index < -0.39 is 0 Å². The average Bonchev–Trinajstić information content (AvgIpc) is 2.45. The summed E-state index contributed by atoms with van der Waals surface area (Å²) in [6.07, 6.45) is 4.43. The molecule has 1 aromatic carbocycles. The van der Waals surface area contributed by atoms with Gasteiger partial charge >= 0.3 is 0 Å². The zero-order chi connectivity index (χ0) is 13.7. The van der Waals surface area contributed by atoms with Crippen molar-refractivity contribution < 1.29 is 4.39 Å². The zero-order valence-corrected chi connectivity index (χ0v) is 12.4. The number of pyridine rings is 1. The maximum absolute atomic E-state index is 13.9. The Morgan fingerprint density at radius 1 is 1.21 bits per heavy atom. The first kappa shape index (κ1) is 14.0. The maximum atomic E-state index is 13.9. The number of alkyl halides is 1. The summed E-state index contributed by atoms with van der Waals surface area (Å²) in [6.45, 7) is 0.769. The monoisotopic (exact) mass is 322 g/mol. The van der Waals surface area contributed by atoms with E-state index in [2.05, 4.69) is 20.9 Å². The minimum Gasteiger partial charge on any atom is -0.372 e. The van der Waals surface area contributed by atoms with Gasteiger partial charge in [-0.25, -0.2) is 4.39 Å². The summed E-state index contributed by atoms with van der Waals surface area (Å²) in [4.78, 5) is 5.96. The van der Waals surface area contributed by atoms with Gasteiger partial charge in [0.15, 0.2) is 0 Å². The van der Waals surface area contributed by atoms with Gasteiger partial charge in [0.2, 0.25) is 0 Å². The van der Waals surface area contributed by atoms with Gasteiger partial charge in [0.1, 0.15) is 5.82 Å². The second-order valence-corrected chi connectivity index (χ2v) is 4.97. The lowest BCUT2D eigenvalue weighted by atomic mass is 10.1. The van der Waals surface area contributed by atoms with Crippen molar-refractivity contribution in [3.05, 3.63) is 59.7 Å². The molecular weight excluding hydrogens is 307 g/mol. The molecule has 0 aliphatic rings. The number of para-hydroxylation sites is 1. The van der Waals surface area contributed by atoms with Crippen LogP contribution in [-0.4, -0.2) is 18.6 Å². The van der Waals surface area contributed by atoms with Crippen LogP contribution in [0.1, 0.15) is 11.1 Å². The van der Waals surface area contributed by atoms with Crippen LogP contribution in [0.2, 0.25) is 0 Å². The molecule has 0 N–H and O–H groups in total. The van der Waals surface area contributed by atoms with Crippen molar-refractivity contribution in [2.75, 3.05) is 18.5 Å². The van der Waals surface area contributed by atoms with Gasteiger partial charge in [-0.15, -0.1) is 0 Å². The highest BCUT2D eigenvalue weighted by atomic mass is 79.9. The van der Waals surface area contributed by atoms with Crippen LogP contribution < -0.4 is 4.90 Å². The molecule has 0 radical (unpaired) electrons. The SMILES string of the molecule is CN(CCc1ccncc1)c1c(F)cccc1CBr. The number of anilines is 1. The Morgan fingerprint density at radius 3 is 2.63 bits per heavy atom. The fourth-order valence-corrected chi connectivity index (χ4v) is 2.51. The standard InChI is InChI=1S/C15H16BrFN2/c1-19(10-7-12-5-8-18-9-6-12)15-13(11-16)3-2-4-14(15)17/h2-6,8-9H,7,10-11H2,1H3. The van der Waals surface area contributed by atoms with E-state index >= 15 is 0 Å². The van der Waals surface area contributed by atoms with E-state index in [-0.39, 0.29) is 5.82 Å². The summed E-state index contributed by atoms with van der Waals surface area (Å²) in [5.74, 6) is -0.172. The van der Waals surface area contributed by atoms with E-state index in [0.717, 1.165) is 18.5 Å². The highest BCUT2D eigenvalue weighted by molar-refractivity contribution is 9.08. The minimum atomic E-state index is -0.172. The molecule has 0 spiro atoms. The third kappa shape index (κ3) is 3.53. The van der Waals surface area contributed by atoms with Gasteiger partial charge in [-0.1, -0.05) is 28.1 Å². The highest BCUT2D eigenvalue weighted by Crippen LogP contribution is 2.25. The fraction of sp³-hybridized carbons (Fsp3) is 0.267. The molecule has 2 rings (SSSR count). The molecule has 1 heterocycles. The normalized spacial score (nSPS) is 10.5. The Hall–Kier alpha value is -1.42. The first-order valence-electron chi connectivity index (χ1n) is 6.15. The number of benzene rings is 1. The Bertz CT molecular complexity index is 531. The summed E-state index contributed by atoms with van der Waals surface area (Å²) in [5.41, 5.74) is 2.85. The van der Waals surface area contributed by atoms with Crippen LogP contribution in [0.3, 0.4) is 0 Å².